The van der Waals surface area contributed by atoms with E-state index in [1.165, 1.54) is 0 Å². The molecule has 9 heteroatoms. The quantitative estimate of drug-likeness (QED) is 0.675. The van der Waals surface area contributed by atoms with Crippen LogP contribution >= 0.6 is 0 Å². The number of carbonyl (C=O) groups excluding carboxylic acids is 3. The monoisotopic (exact) mass is 459 g/mol. The van der Waals surface area contributed by atoms with E-state index in [1.807, 2.05) is 43.0 Å². The maximum absolute atomic E-state index is 13.3. The van der Waals surface area contributed by atoms with Gasteiger partial charge in [-0.25, -0.2) is 14.8 Å². The second-order valence-corrected chi connectivity index (χ2v) is 9.73. The van der Waals surface area contributed by atoms with Gasteiger partial charge >= 0.3 is 6.03 Å². The molecule has 0 saturated carbocycles. The lowest BCUT2D eigenvalue weighted by atomic mass is 9.96. The molecule has 2 heterocycles. The topological polar surface area (TPSA) is 85.4 Å². The summed E-state index contributed by atoms with van der Waals surface area (Å²) in [5, 5.41) is 6.22. The number of piperazine rings is 1. The van der Waals surface area contributed by atoms with Gasteiger partial charge in [0.25, 0.3) is 0 Å². The third-order valence-corrected chi connectivity index (χ3v) is 6.03. The number of nitrogens with one attached hydrogen (secondary N) is 1. The van der Waals surface area contributed by atoms with Gasteiger partial charge in [0.1, 0.15) is 18.0 Å². The van der Waals surface area contributed by atoms with Crippen LogP contribution in [0.25, 0.3) is 0 Å². The highest BCUT2D eigenvalue weighted by Crippen LogP contribution is 2.29. The number of benzene rings is 1. The number of ether oxygens (including phenoxy) is 1. The molecule has 2 aliphatic rings. The van der Waals surface area contributed by atoms with E-state index < -0.39 is 12.2 Å². The van der Waals surface area contributed by atoms with E-state index in [1.54, 1.807) is 29.1 Å². The Hall–Kier alpha value is -2.81. The van der Waals surface area contributed by atoms with E-state index >= 15 is 0 Å². The Morgan fingerprint density at radius 3 is 2.36 bits per heavy atom. The van der Waals surface area contributed by atoms with Gasteiger partial charge in [-0.3, -0.25) is 9.59 Å². The zero-order valence-electron chi connectivity index (χ0n) is 20.6. The van der Waals surface area contributed by atoms with E-state index in [2.05, 4.69) is 19.2 Å². The van der Waals surface area contributed by atoms with Gasteiger partial charge in [-0.15, -0.1) is 0 Å². The summed E-state index contributed by atoms with van der Waals surface area (Å²) >= 11 is 0. The predicted octanol–water partition coefficient (Wildman–Crippen LogP) is 2.13. The Kier molecular flexibility index (Phi) is 7.84. The zero-order valence-corrected chi connectivity index (χ0v) is 20.6. The lowest BCUT2D eigenvalue weighted by molar-refractivity contribution is -0.188. The minimum absolute atomic E-state index is 0.0230. The third-order valence-electron chi connectivity index (χ3n) is 6.03. The summed E-state index contributed by atoms with van der Waals surface area (Å²) in [5.41, 5.74) is 0.940. The molecule has 4 amide bonds. The van der Waals surface area contributed by atoms with Crippen molar-refractivity contribution >= 4 is 17.8 Å². The number of likely N-dealkylation sites (N-methyl/N-ethyl adjacent to an activating group) is 1. The molecule has 2 fully saturated rings. The van der Waals surface area contributed by atoms with Gasteiger partial charge in [-0.1, -0.05) is 39.8 Å². The molecule has 0 bridgehead atoms. The first kappa shape index (κ1) is 24.8. The zero-order chi connectivity index (χ0) is 24.3. The fourth-order valence-electron chi connectivity index (χ4n) is 4.59. The van der Waals surface area contributed by atoms with Crippen molar-refractivity contribution in [1.82, 2.24) is 25.1 Å². The van der Waals surface area contributed by atoms with E-state index in [4.69, 9.17) is 4.74 Å². The van der Waals surface area contributed by atoms with Gasteiger partial charge in [0.15, 0.2) is 0 Å². The summed E-state index contributed by atoms with van der Waals surface area (Å²) in [7, 11) is 3.35. The summed E-state index contributed by atoms with van der Waals surface area (Å²) < 4.78 is 5.18. The van der Waals surface area contributed by atoms with Gasteiger partial charge in [0.2, 0.25) is 11.8 Å². The highest BCUT2D eigenvalue weighted by molar-refractivity contribution is 5.91. The first-order valence-corrected chi connectivity index (χ1v) is 11.6. The highest BCUT2D eigenvalue weighted by atomic mass is 16.5. The number of hydrogen-bond acceptors (Lipinski definition) is 5. The van der Waals surface area contributed by atoms with Crippen LogP contribution in [0.4, 0.5) is 4.79 Å². The molecule has 1 N–H and O–H groups in total. The average Bonchev–Trinajstić information content (AvgIpc) is 2.74. The van der Waals surface area contributed by atoms with Crippen molar-refractivity contribution < 1.29 is 19.1 Å². The van der Waals surface area contributed by atoms with Crippen LogP contribution in [0, 0.1) is 11.8 Å². The number of methoxy groups -OCH3 is 1. The van der Waals surface area contributed by atoms with Crippen LogP contribution in [0.15, 0.2) is 24.3 Å². The molecule has 9 nitrogen and oxygen atoms in total. The first-order chi connectivity index (χ1) is 15.6. The van der Waals surface area contributed by atoms with Crippen molar-refractivity contribution in [1.29, 1.82) is 0 Å². The largest absolute Gasteiger partial charge is 0.497 e. The lowest BCUT2D eigenvalue weighted by Crippen LogP contribution is -2.76. The van der Waals surface area contributed by atoms with Gasteiger partial charge in [0.05, 0.1) is 20.2 Å². The minimum Gasteiger partial charge on any atom is -0.497 e. The van der Waals surface area contributed by atoms with Crippen LogP contribution < -0.4 is 10.1 Å². The maximum atomic E-state index is 13.3. The number of amides is 4. The fourth-order valence-corrected chi connectivity index (χ4v) is 4.59. The molecule has 1 aromatic carbocycles. The number of hydrazine groups is 1. The number of nitrogens with zero attached hydrogens (tertiary/aromatic N) is 4. The number of urea groups is 1. The Morgan fingerprint density at radius 1 is 1.12 bits per heavy atom. The number of rotatable bonds is 7. The summed E-state index contributed by atoms with van der Waals surface area (Å²) in [6.07, 6.45) is 0.0352. The molecule has 0 aliphatic carbocycles. The van der Waals surface area contributed by atoms with Crippen LogP contribution in [0.2, 0.25) is 0 Å². The molecule has 0 spiro atoms. The van der Waals surface area contributed by atoms with Crippen LogP contribution in [0.5, 0.6) is 5.75 Å². The molecule has 0 unspecified atom stereocenters. The van der Waals surface area contributed by atoms with Crippen LogP contribution in [-0.2, 0) is 16.1 Å². The first-order valence-electron chi connectivity index (χ1n) is 11.6. The molecule has 2 atom stereocenters. The molecule has 3 rings (SSSR count). The molecule has 0 aromatic heterocycles. The standard InChI is InChI=1S/C24H37N5O4/c1-16(2)11-20-23(31)27(13-17(3)4)14-21-28(20)22(30)15-26(5)29(21)24(32)25-12-18-7-9-19(33-6)10-8-18/h7-10,16-17,20-21H,11-15H2,1-6H3,(H,25,32)/t20-,21-/m0/s1. The smallest absolute Gasteiger partial charge is 0.334 e. The van der Waals surface area contributed by atoms with Crippen molar-refractivity contribution in [3.05, 3.63) is 29.8 Å². The fraction of sp³-hybridized carbons (Fsp3) is 0.625. The Morgan fingerprint density at radius 2 is 1.79 bits per heavy atom. The summed E-state index contributed by atoms with van der Waals surface area (Å²) in [4.78, 5) is 43.1. The van der Waals surface area contributed by atoms with E-state index in [9.17, 15) is 14.4 Å². The number of carbonyl (C=O) groups is 3. The predicted molar refractivity (Wildman–Crippen MR) is 125 cm³/mol. The van der Waals surface area contributed by atoms with Gasteiger partial charge < -0.3 is 19.9 Å². The third kappa shape index (κ3) is 5.58. The van der Waals surface area contributed by atoms with Crippen molar-refractivity contribution in [3.63, 3.8) is 0 Å². The Bertz CT molecular complexity index is 857. The van der Waals surface area contributed by atoms with Crippen molar-refractivity contribution in [2.75, 3.05) is 33.8 Å². The second-order valence-electron chi connectivity index (χ2n) is 9.73. The van der Waals surface area contributed by atoms with Gasteiger partial charge in [-0.2, -0.15) is 0 Å². The molecule has 2 aliphatic heterocycles. The molecule has 2 saturated heterocycles. The van der Waals surface area contributed by atoms with Crippen molar-refractivity contribution in [2.45, 2.75) is 52.9 Å². The summed E-state index contributed by atoms with van der Waals surface area (Å²) in [6.45, 7) is 9.52. The normalized spacial score (nSPS) is 21.6. The number of fused-ring (bicyclic) bond motifs is 1. The van der Waals surface area contributed by atoms with E-state index in [-0.39, 0.29) is 36.2 Å². The van der Waals surface area contributed by atoms with Crippen molar-refractivity contribution in [2.24, 2.45) is 11.8 Å². The van der Waals surface area contributed by atoms with E-state index in [0.717, 1.165) is 11.3 Å². The minimum atomic E-state index is -0.555. The summed E-state index contributed by atoms with van der Waals surface area (Å²) in [6, 6.07) is 6.65. The Labute approximate surface area is 196 Å². The van der Waals surface area contributed by atoms with Crippen LogP contribution in [0.3, 0.4) is 0 Å². The molecular weight excluding hydrogens is 422 g/mol. The Balaban J connectivity index is 1.83. The van der Waals surface area contributed by atoms with Crippen LogP contribution in [-0.4, -0.2) is 83.7 Å². The molecule has 1 aromatic rings. The molecule has 33 heavy (non-hydrogen) atoms. The second kappa shape index (κ2) is 10.4. The van der Waals surface area contributed by atoms with E-state index in [0.29, 0.717) is 26.1 Å². The van der Waals surface area contributed by atoms with Crippen molar-refractivity contribution in [3.8, 4) is 5.75 Å². The molecular formula is C24H37N5O4. The molecule has 182 valence electrons. The maximum Gasteiger partial charge on any atom is 0.334 e. The van der Waals surface area contributed by atoms with Gasteiger partial charge in [-0.05, 0) is 36.0 Å². The number of hydrogen-bond donors (Lipinski definition) is 1. The van der Waals surface area contributed by atoms with Crippen LogP contribution in [0.1, 0.15) is 39.7 Å². The lowest BCUT2D eigenvalue weighted by Gasteiger charge is -2.55. The highest BCUT2D eigenvalue weighted by Gasteiger charge is 2.50. The molecule has 0 radical (unpaired) electrons. The van der Waals surface area contributed by atoms with Gasteiger partial charge in [0, 0.05) is 20.1 Å². The summed E-state index contributed by atoms with van der Waals surface area (Å²) in [5.74, 6) is 1.14. The average molecular weight is 460 g/mol. The SMILES string of the molecule is COc1ccc(CNC(=O)N2[C@H]3CN(CC(C)C)C(=O)[C@H](CC(C)C)N3C(=O)CN2C)cc1.